The molecule has 0 aromatic heterocycles. The van der Waals surface area contributed by atoms with Crippen LogP contribution in [0.1, 0.15) is 60.3 Å². The Morgan fingerprint density at radius 2 is 1.88 bits per heavy atom. The number of carbonyl (C=O) groups is 2. The van der Waals surface area contributed by atoms with E-state index in [9.17, 15) is 9.59 Å². The molecule has 144 valence electrons. The van der Waals surface area contributed by atoms with Crippen LogP contribution in [0.4, 0.5) is 4.79 Å². The van der Waals surface area contributed by atoms with Crippen LogP contribution >= 0.6 is 0 Å². The van der Waals surface area contributed by atoms with Gasteiger partial charge in [0.15, 0.2) is 0 Å². The van der Waals surface area contributed by atoms with Gasteiger partial charge in [-0.15, -0.1) is 0 Å². The normalized spacial score (nSPS) is 27.1. The van der Waals surface area contributed by atoms with E-state index in [4.69, 9.17) is 10.5 Å². The largest absolute Gasteiger partial charge is 0.444 e. The second kappa shape index (κ2) is 7.52. The molecule has 6 nitrogen and oxygen atoms in total. The fourth-order valence-electron chi connectivity index (χ4n) is 3.99. The van der Waals surface area contributed by atoms with Crippen molar-refractivity contribution in [2.45, 2.75) is 71.9 Å². The lowest BCUT2D eigenvalue weighted by molar-refractivity contribution is -0.146. The molecule has 1 saturated heterocycles. The molecule has 0 aromatic carbocycles. The van der Waals surface area contributed by atoms with Gasteiger partial charge in [0.05, 0.1) is 6.04 Å². The van der Waals surface area contributed by atoms with Crippen molar-refractivity contribution in [3.63, 3.8) is 0 Å². The van der Waals surface area contributed by atoms with Gasteiger partial charge in [0.1, 0.15) is 5.60 Å². The van der Waals surface area contributed by atoms with Crippen LogP contribution in [0.5, 0.6) is 0 Å². The molecule has 25 heavy (non-hydrogen) atoms. The Kier molecular flexibility index (Phi) is 6.02. The summed E-state index contributed by atoms with van der Waals surface area (Å²) in [7, 11) is 0. The zero-order valence-corrected chi connectivity index (χ0v) is 16.5. The lowest BCUT2D eigenvalue weighted by Crippen LogP contribution is -2.61. The van der Waals surface area contributed by atoms with E-state index in [-0.39, 0.29) is 29.4 Å². The number of amides is 2. The van der Waals surface area contributed by atoms with Crippen LogP contribution in [-0.2, 0) is 9.53 Å². The van der Waals surface area contributed by atoms with Crippen molar-refractivity contribution in [2.24, 2.45) is 17.1 Å². The van der Waals surface area contributed by atoms with Gasteiger partial charge < -0.3 is 20.3 Å². The number of hydrogen-bond acceptors (Lipinski definition) is 4. The molecule has 6 heteroatoms. The van der Waals surface area contributed by atoms with Gasteiger partial charge in [-0.3, -0.25) is 4.79 Å². The monoisotopic (exact) mass is 353 g/mol. The molecule has 0 aromatic rings. The van der Waals surface area contributed by atoms with Crippen LogP contribution in [0.2, 0.25) is 0 Å². The maximum atomic E-state index is 13.2. The standard InChI is InChI=1S/C19H35N3O3/c1-18(2,3)25-17(24)21-10-11-22(14(12-20)13-21)16(23)15-8-6-7-9-19(15,4)5/h14-15H,6-13,20H2,1-5H3. The second-order valence-electron chi connectivity index (χ2n) is 9.13. The minimum Gasteiger partial charge on any atom is -0.444 e. The molecule has 2 amide bonds. The highest BCUT2D eigenvalue weighted by atomic mass is 16.6. The van der Waals surface area contributed by atoms with Gasteiger partial charge in [0.25, 0.3) is 0 Å². The molecule has 2 N–H and O–H groups in total. The topological polar surface area (TPSA) is 75.9 Å². The first-order valence-electron chi connectivity index (χ1n) is 9.53. The van der Waals surface area contributed by atoms with Crippen molar-refractivity contribution in [2.75, 3.05) is 26.2 Å². The molecule has 1 aliphatic heterocycles. The number of hydrogen-bond donors (Lipinski definition) is 1. The third-order valence-electron chi connectivity index (χ3n) is 5.49. The summed E-state index contributed by atoms with van der Waals surface area (Å²) in [5.74, 6) is 0.271. The molecule has 1 aliphatic carbocycles. The Morgan fingerprint density at radius 1 is 1.20 bits per heavy atom. The van der Waals surface area contributed by atoms with Gasteiger partial charge >= 0.3 is 6.09 Å². The first-order valence-corrected chi connectivity index (χ1v) is 9.53. The van der Waals surface area contributed by atoms with Crippen LogP contribution in [0.25, 0.3) is 0 Å². The number of nitrogens with two attached hydrogens (primary N) is 1. The molecule has 2 atom stereocenters. The zero-order valence-electron chi connectivity index (χ0n) is 16.5. The maximum absolute atomic E-state index is 13.2. The molecular formula is C19H35N3O3. The van der Waals surface area contributed by atoms with Gasteiger partial charge in [0, 0.05) is 32.1 Å². The molecule has 2 rings (SSSR count). The van der Waals surface area contributed by atoms with Crippen LogP contribution in [-0.4, -0.2) is 59.6 Å². The molecule has 0 bridgehead atoms. The lowest BCUT2D eigenvalue weighted by atomic mass is 9.68. The highest BCUT2D eigenvalue weighted by Gasteiger charge is 2.42. The van der Waals surface area contributed by atoms with E-state index in [1.165, 1.54) is 6.42 Å². The quantitative estimate of drug-likeness (QED) is 0.828. The second-order valence-corrected chi connectivity index (χ2v) is 9.13. The van der Waals surface area contributed by atoms with Crippen LogP contribution in [0.3, 0.4) is 0 Å². The van der Waals surface area contributed by atoms with Crippen molar-refractivity contribution in [3.8, 4) is 0 Å². The highest BCUT2D eigenvalue weighted by Crippen LogP contribution is 2.41. The maximum Gasteiger partial charge on any atom is 0.410 e. The van der Waals surface area contributed by atoms with Crippen molar-refractivity contribution in [1.82, 2.24) is 9.80 Å². The molecule has 1 saturated carbocycles. The smallest absolute Gasteiger partial charge is 0.410 e. The summed E-state index contributed by atoms with van der Waals surface area (Å²) < 4.78 is 5.46. The molecule has 0 spiro atoms. The fourth-order valence-corrected chi connectivity index (χ4v) is 3.99. The predicted molar refractivity (Wildman–Crippen MR) is 98.1 cm³/mol. The zero-order chi connectivity index (χ0) is 18.8. The number of nitrogens with zero attached hydrogens (tertiary/aromatic N) is 2. The van der Waals surface area contributed by atoms with E-state index in [0.717, 1.165) is 19.3 Å². The van der Waals surface area contributed by atoms with Gasteiger partial charge in [-0.05, 0) is 39.0 Å². The third kappa shape index (κ3) is 4.87. The number of rotatable bonds is 2. The molecule has 2 unspecified atom stereocenters. The van der Waals surface area contributed by atoms with E-state index < -0.39 is 5.60 Å². The van der Waals surface area contributed by atoms with E-state index >= 15 is 0 Å². The van der Waals surface area contributed by atoms with E-state index in [2.05, 4.69) is 13.8 Å². The Labute approximate surface area is 152 Å². The minimum absolute atomic E-state index is 0.0385. The first-order chi connectivity index (χ1) is 11.5. The fraction of sp³-hybridized carbons (Fsp3) is 0.895. The SMILES string of the molecule is CC(C)(C)OC(=O)N1CCN(C(=O)C2CCCCC2(C)C)C(CN)C1. The van der Waals surface area contributed by atoms with E-state index in [0.29, 0.717) is 26.2 Å². The third-order valence-corrected chi connectivity index (χ3v) is 5.49. The predicted octanol–water partition coefficient (Wildman–Crippen LogP) is 2.61. The lowest BCUT2D eigenvalue weighted by Gasteiger charge is -2.46. The summed E-state index contributed by atoms with van der Waals surface area (Å²) in [6.45, 7) is 11.8. The first kappa shape index (κ1) is 20.0. The molecular weight excluding hydrogens is 318 g/mol. The summed E-state index contributed by atoms with van der Waals surface area (Å²) in [5, 5.41) is 0. The Morgan fingerprint density at radius 3 is 2.44 bits per heavy atom. The number of carbonyl (C=O) groups excluding carboxylic acids is 2. The minimum atomic E-state index is -0.519. The summed E-state index contributed by atoms with van der Waals surface area (Å²) in [5.41, 5.74) is 5.46. The van der Waals surface area contributed by atoms with Gasteiger partial charge in [0.2, 0.25) is 5.91 Å². The molecule has 0 radical (unpaired) electrons. The number of piperazine rings is 1. The van der Waals surface area contributed by atoms with Crippen molar-refractivity contribution in [3.05, 3.63) is 0 Å². The van der Waals surface area contributed by atoms with E-state index in [1.807, 2.05) is 25.7 Å². The van der Waals surface area contributed by atoms with Crippen molar-refractivity contribution >= 4 is 12.0 Å². The summed E-state index contributed by atoms with van der Waals surface area (Å²) in [6.07, 6.45) is 4.04. The van der Waals surface area contributed by atoms with Crippen LogP contribution < -0.4 is 5.73 Å². The summed E-state index contributed by atoms with van der Waals surface area (Å²) in [4.78, 5) is 29.1. The van der Waals surface area contributed by atoms with Gasteiger partial charge in [-0.2, -0.15) is 0 Å². The Hall–Kier alpha value is -1.30. The average molecular weight is 354 g/mol. The van der Waals surface area contributed by atoms with Crippen molar-refractivity contribution in [1.29, 1.82) is 0 Å². The highest BCUT2D eigenvalue weighted by molar-refractivity contribution is 5.80. The molecule has 2 aliphatic rings. The van der Waals surface area contributed by atoms with Gasteiger partial charge in [-0.25, -0.2) is 4.79 Å². The summed E-state index contributed by atoms with van der Waals surface area (Å²) >= 11 is 0. The van der Waals surface area contributed by atoms with E-state index in [1.54, 1.807) is 4.90 Å². The Bertz CT molecular complexity index is 499. The number of ether oxygens (including phenoxy) is 1. The molecule has 1 heterocycles. The van der Waals surface area contributed by atoms with Crippen LogP contribution in [0.15, 0.2) is 0 Å². The van der Waals surface area contributed by atoms with Crippen LogP contribution in [0, 0.1) is 11.3 Å². The van der Waals surface area contributed by atoms with Crippen molar-refractivity contribution < 1.29 is 14.3 Å². The summed E-state index contributed by atoms with van der Waals surface area (Å²) in [6, 6.07) is -0.133. The molecule has 2 fully saturated rings. The van der Waals surface area contributed by atoms with Gasteiger partial charge in [-0.1, -0.05) is 26.7 Å². The Balaban J connectivity index is 2.04. The average Bonchev–Trinajstić information content (AvgIpc) is 2.51.